The Labute approximate surface area is 93.8 Å². The van der Waals surface area contributed by atoms with Crippen molar-refractivity contribution in [2.75, 3.05) is 26.3 Å². The summed E-state index contributed by atoms with van der Waals surface area (Å²) < 4.78 is 10.9. The normalized spacial score (nSPS) is 10.9. The lowest BCUT2D eigenvalue weighted by Gasteiger charge is -2.16. The lowest BCUT2D eigenvalue weighted by Crippen LogP contribution is -2.22. The average Bonchev–Trinajstić information content (AvgIpc) is 2.17. The van der Waals surface area contributed by atoms with Crippen LogP contribution < -0.4 is 5.32 Å². The summed E-state index contributed by atoms with van der Waals surface area (Å²) in [5, 5.41) is 3.31. The number of hydrogen-bond acceptors (Lipinski definition) is 3. The molecule has 3 nitrogen and oxygen atoms in total. The number of rotatable bonds is 10. The van der Waals surface area contributed by atoms with E-state index in [1.807, 2.05) is 20.8 Å². The third kappa shape index (κ3) is 9.91. The van der Waals surface area contributed by atoms with Gasteiger partial charge in [0.15, 0.2) is 6.29 Å². The molecule has 0 aliphatic carbocycles. The van der Waals surface area contributed by atoms with Gasteiger partial charge in [-0.15, -0.1) is 0 Å². The van der Waals surface area contributed by atoms with Crippen molar-refractivity contribution in [2.24, 2.45) is 0 Å². The molecular weight excluding hydrogens is 190 g/mol. The van der Waals surface area contributed by atoms with Crippen LogP contribution in [0.4, 0.5) is 0 Å². The van der Waals surface area contributed by atoms with Gasteiger partial charge in [-0.25, -0.2) is 0 Å². The Bertz CT molecular complexity index is 154. The molecule has 0 heterocycles. The quantitative estimate of drug-likeness (QED) is 0.345. The molecule has 0 radical (unpaired) electrons. The average molecular weight is 215 g/mol. The zero-order valence-electron chi connectivity index (χ0n) is 10.3. The zero-order valence-corrected chi connectivity index (χ0v) is 10.3. The van der Waals surface area contributed by atoms with E-state index in [0.717, 1.165) is 25.9 Å². The van der Waals surface area contributed by atoms with E-state index >= 15 is 0 Å². The molecule has 0 aromatic rings. The molecule has 0 aliphatic heterocycles. The van der Waals surface area contributed by atoms with Crippen molar-refractivity contribution in [1.29, 1.82) is 0 Å². The molecule has 0 saturated carbocycles. The summed E-state index contributed by atoms with van der Waals surface area (Å²) in [7, 11) is 0. The Morgan fingerprint density at radius 1 is 1.27 bits per heavy atom. The Hall–Kier alpha value is -0.380. The highest BCUT2D eigenvalue weighted by Gasteiger charge is 2.06. The third-order valence-electron chi connectivity index (χ3n) is 1.93. The second-order valence-electron chi connectivity index (χ2n) is 3.62. The molecule has 0 aliphatic rings. The second-order valence-corrected chi connectivity index (χ2v) is 3.62. The molecule has 15 heavy (non-hydrogen) atoms. The van der Waals surface area contributed by atoms with Crippen molar-refractivity contribution in [2.45, 2.75) is 39.9 Å². The minimum Gasteiger partial charge on any atom is -0.353 e. The van der Waals surface area contributed by atoms with Crippen LogP contribution >= 0.6 is 0 Å². The molecule has 90 valence electrons. The number of nitrogens with one attached hydrogen (secondary N) is 1. The third-order valence-corrected chi connectivity index (χ3v) is 1.93. The molecule has 0 rings (SSSR count). The van der Waals surface area contributed by atoms with Crippen LogP contribution in [-0.4, -0.2) is 32.6 Å². The van der Waals surface area contributed by atoms with E-state index in [1.165, 1.54) is 5.57 Å². The van der Waals surface area contributed by atoms with E-state index in [9.17, 15) is 0 Å². The molecule has 0 aromatic carbocycles. The summed E-state index contributed by atoms with van der Waals surface area (Å²) in [4.78, 5) is 0. The smallest absolute Gasteiger partial charge is 0.157 e. The largest absolute Gasteiger partial charge is 0.353 e. The van der Waals surface area contributed by atoms with Crippen molar-refractivity contribution >= 4 is 0 Å². The van der Waals surface area contributed by atoms with E-state index < -0.39 is 0 Å². The van der Waals surface area contributed by atoms with Crippen LogP contribution in [0, 0.1) is 0 Å². The maximum atomic E-state index is 5.44. The lowest BCUT2D eigenvalue weighted by atomic mass is 10.3. The van der Waals surface area contributed by atoms with Gasteiger partial charge < -0.3 is 14.8 Å². The van der Waals surface area contributed by atoms with Crippen molar-refractivity contribution in [3.8, 4) is 0 Å². The minimum atomic E-state index is -0.0355. The van der Waals surface area contributed by atoms with Gasteiger partial charge >= 0.3 is 0 Å². The lowest BCUT2D eigenvalue weighted by molar-refractivity contribution is -0.139. The van der Waals surface area contributed by atoms with E-state index in [-0.39, 0.29) is 6.29 Å². The van der Waals surface area contributed by atoms with Crippen LogP contribution in [0.3, 0.4) is 0 Å². The summed E-state index contributed by atoms with van der Waals surface area (Å²) in [6.07, 6.45) is 1.98. The van der Waals surface area contributed by atoms with Gasteiger partial charge in [0.25, 0.3) is 0 Å². The minimum absolute atomic E-state index is 0.0355. The first kappa shape index (κ1) is 14.6. The highest BCUT2D eigenvalue weighted by molar-refractivity contribution is 4.90. The first-order valence-corrected chi connectivity index (χ1v) is 5.79. The molecular formula is C12H25NO2. The fraction of sp³-hybridized carbons (Fsp3) is 0.833. The van der Waals surface area contributed by atoms with Crippen LogP contribution in [0.25, 0.3) is 0 Å². The predicted molar refractivity (Wildman–Crippen MR) is 64.0 cm³/mol. The van der Waals surface area contributed by atoms with Gasteiger partial charge in [0, 0.05) is 19.8 Å². The molecule has 0 unspecified atom stereocenters. The van der Waals surface area contributed by atoms with Gasteiger partial charge in [-0.2, -0.15) is 0 Å². The fourth-order valence-corrected chi connectivity index (χ4v) is 1.28. The van der Waals surface area contributed by atoms with Crippen molar-refractivity contribution < 1.29 is 9.47 Å². The Morgan fingerprint density at radius 2 is 1.87 bits per heavy atom. The second kappa shape index (κ2) is 10.1. The van der Waals surface area contributed by atoms with Crippen LogP contribution in [0.1, 0.15) is 33.6 Å². The van der Waals surface area contributed by atoms with Gasteiger partial charge in [0.1, 0.15) is 0 Å². The maximum Gasteiger partial charge on any atom is 0.157 e. The van der Waals surface area contributed by atoms with Crippen LogP contribution in [-0.2, 0) is 9.47 Å². The Morgan fingerprint density at radius 3 is 2.33 bits per heavy atom. The van der Waals surface area contributed by atoms with Crippen molar-refractivity contribution in [3.05, 3.63) is 12.2 Å². The van der Waals surface area contributed by atoms with E-state index in [4.69, 9.17) is 9.47 Å². The Kier molecular flexibility index (Phi) is 9.89. The number of hydrogen-bond donors (Lipinski definition) is 1. The molecule has 0 atom stereocenters. The molecule has 0 bridgehead atoms. The zero-order chi connectivity index (χ0) is 11.5. The standard InChI is InChI=1S/C12H25NO2/c1-5-14-12(15-6-2)8-7-9-13-10-11(3)4/h12-13H,3,5-10H2,1-2,4H3. The molecule has 0 spiro atoms. The van der Waals surface area contributed by atoms with Gasteiger partial charge in [-0.1, -0.05) is 12.2 Å². The summed E-state index contributed by atoms with van der Waals surface area (Å²) in [6, 6.07) is 0. The van der Waals surface area contributed by atoms with Crippen LogP contribution in [0.5, 0.6) is 0 Å². The summed E-state index contributed by atoms with van der Waals surface area (Å²) in [5.41, 5.74) is 1.17. The molecule has 0 amide bonds. The summed E-state index contributed by atoms with van der Waals surface area (Å²) in [6.45, 7) is 13.2. The summed E-state index contributed by atoms with van der Waals surface area (Å²) in [5.74, 6) is 0. The monoisotopic (exact) mass is 215 g/mol. The topological polar surface area (TPSA) is 30.5 Å². The predicted octanol–water partition coefficient (Wildman–Crippen LogP) is 2.33. The first-order valence-electron chi connectivity index (χ1n) is 5.79. The molecule has 0 saturated heterocycles. The molecule has 0 fully saturated rings. The molecule has 1 N–H and O–H groups in total. The van der Waals surface area contributed by atoms with Crippen molar-refractivity contribution in [1.82, 2.24) is 5.32 Å². The van der Waals surface area contributed by atoms with Crippen LogP contribution in [0.15, 0.2) is 12.2 Å². The van der Waals surface area contributed by atoms with Gasteiger partial charge in [-0.05, 0) is 40.2 Å². The Balaban J connectivity index is 3.39. The maximum absolute atomic E-state index is 5.44. The van der Waals surface area contributed by atoms with Gasteiger partial charge in [-0.3, -0.25) is 0 Å². The van der Waals surface area contributed by atoms with Gasteiger partial charge in [0.05, 0.1) is 0 Å². The number of ether oxygens (including phenoxy) is 2. The van der Waals surface area contributed by atoms with E-state index in [1.54, 1.807) is 0 Å². The highest BCUT2D eigenvalue weighted by atomic mass is 16.7. The van der Waals surface area contributed by atoms with E-state index in [0.29, 0.717) is 13.2 Å². The molecule has 3 heteroatoms. The SMILES string of the molecule is C=C(C)CNCCCC(OCC)OCC. The highest BCUT2D eigenvalue weighted by Crippen LogP contribution is 2.03. The van der Waals surface area contributed by atoms with Gasteiger partial charge in [0.2, 0.25) is 0 Å². The van der Waals surface area contributed by atoms with Crippen LogP contribution in [0.2, 0.25) is 0 Å². The molecule has 0 aromatic heterocycles. The van der Waals surface area contributed by atoms with Crippen molar-refractivity contribution in [3.63, 3.8) is 0 Å². The fourth-order valence-electron chi connectivity index (χ4n) is 1.28. The summed E-state index contributed by atoms with van der Waals surface area (Å²) >= 11 is 0. The van der Waals surface area contributed by atoms with E-state index in [2.05, 4.69) is 11.9 Å². The first-order chi connectivity index (χ1) is 7.20.